The van der Waals surface area contributed by atoms with Crippen molar-refractivity contribution < 1.29 is 24.3 Å². The molecule has 4 N–H and O–H groups in total. The molecule has 1 unspecified atom stereocenters. The predicted molar refractivity (Wildman–Crippen MR) is 154 cm³/mol. The lowest BCUT2D eigenvalue weighted by atomic mass is 9.94. The Morgan fingerprint density at radius 3 is 2.22 bits per heavy atom. The maximum absolute atomic E-state index is 13.3. The first-order valence-electron chi connectivity index (χ1n) is 13.1. The van der Waals surface area contributed by atoms with Gasteiger partial charge in [-0.1, -0.05) is 72.8 Å². The Morgan fingerprint density at radius 1 is 0.902 bits per heavy atom. The molecule has 0 bridgehead atoms. The summed E-state index contributed by atoms with van der Waals surface area (Å²) in [4.78, 5) is 51.5. The Labute approximate surface area is 237 Å². The average molecular weight is 551 g/mol. The fourth-order valence-corrected chi connectivity index (χ4v) is 4.50. The first-order chi connectivity index (χ1) is 20.0. The number of nitrogens with zero attached hydrogens (tertiary/aromatic N) is 1. The van der Waals surface area contributed by atoms with Crippen molar-refractivity contribution in [3.05, 3.63) is 138 Å². The number of benzene rings is 2. The van der Waals surface area contributed by atoms with Crippen LogP contribution in [0.2, 0.25) is 0 Å². The van der Waals surface area contributed by atoms with Crippen molar-refractivity contribution in [3.8, 4) is 0 Å². The van der Waals surface area contributed by atoms with E-state index in [9.17, 15) is 24.3 Å². The van der Waals surface area contributed by atoms with E-state index in [-0.39, 0.29) is 36.6 Å². The van der Waals surface area contributed by atoms with Crippen LogP contribution in [0.4, 0.5) is 0 Å². The molecule has 0 saturated carbocycles. The summed E-state index contributed by atoms with van der Waals surface area (Å²) in [5.74, 6) is -0.393. The molecule has 2 heterocycles. The van der Waals surface area contributed by atoms with Crippen molar-refractivity contribution in [2.45, 2.75) is 24.9 Å². The molecule has 0 aliphatic carbocycles. The minimum atomic E-state index is -1.30. The number of carbonyl (C=O) groups is 3. The summed E-state index contributed by atoms with van der Waals surface area (Å²) >= 11 is 0. The molecule has 41 heavy (non-hydrogen) atoms. The first-order valence-corrected chi connectivity index (χ1v) is 13.1. The molecule has 0 radical (unpaired) electrons. The van der Waals surface area contributed by atoms with Crippen molar-refractivity contribution in [2.75, 3.05) is 6.54 Å². The molecule has 0 spiro atoms. The molecule has 1 atom stereocenters. The summed E-state index contributed by atoms with van der Waals surface area (Å²) in [7, 11) is 0. The molecule has 4 rings (SSSR count). The van der Waals surface area contributed by atoms with Gasteiger partial charge >= 0.3 is 5.97 Å². The van der Waals surface area contributed by atoms with Crippen LogP contribution in [-0.4, -0.2) is 46.3 Å². The maximum atomic E-state index is 13.3. The van der Waals surface area contributed by atoms with Gasteiger partial charge in [-0.2, -0.15) is 0 Å². The Kier molecular flexibility index (Phi) is 9.85. The zero-order chi connectivity index (χ0) is 29.0. The zero-order valence-electron chi connectivity index (χ0n) is 22.2. The van der Waals surface area contributed by atoms with E-state index in [0.29, 0.717) is 5.70 Å². The second-order valence-electron chi connectivity index (χ2n) is 9.26. The molecule has 2 aliphatic rings. The van der Waals surface area contributed by atoms with Crippen LogP contribution in [0.5, 0.6) is 0 Å². The van der Waals surface area contributed by atoms with Gasteiger partial charge in [0.15, 0.2) is 5.94 Å². The van der Waals surface area contributed by atoms with Crippen LogP contribution < -0.4 is 16.0 Å². The van der Waals surface area contributed by atoms with Gasteiger partial charge in [0.25, 0.3) is 5.91 Å². The highest BCUT2D eigenvalue weighted by Gasteiger charge is 2.31. The smallest absolute Gasteiger partial charge is 0.326 e. The Hall–Kier alpha value is -5.40. The number of rotatable bonds is 11. The van der Waals surface area contributed by atoms with E-state index in [2.05, 4.69) is 16.0 Å². The van der Waals surface area contributed by atoms with Gasteiger partial charge in [-0.3, -0.25) is 9.59 Å². The fraction of sp³-hybridized carbons (Fsp3) is 0.156. The van der Waals surface area contributed by atoms with Crippen molar-refractivity contribution in [2.24, 2.45) is 0 Å². The van der Waals surface area contributed by atoms with Crippen LogP contribution in [0.1, 0.15) is 30.0 Å². The van der Waals surface area contributed by atoms with Gasteiger partial charge < -0.3 is 26.0 Å². The van der Waals surface area contributed by atoms with E-state index < -0.39 is 24.0 Å². The molecule has 0 aromatic heterocycles. The van der Waals surface area contributed by atoms with Gasteiger partial charge in [0.2, 0.25) is 5.91 Å². The van der Waals surface area contributed by atoms with E-state index in [1.54, 1.807) is 41.6 Å². The van der Waals surface area contributed by atoms with Gasteiger partial charge in [-0.05, 0) is 41.9 Å². The lowest BCUT2D eigenvalue weighted by molar-refractivity contribution is -0.141. The van der Waals surface area contributed by atoms with Crippen molar-refractivity contribution in [1.29, 1.82) is 0 Å². The largest absolute Gasteiger partial charge is 0.480 e. The second kappa shape index (κ2) is 14.1. The Morgan fingerprint density at radius 2 is 1.59 bits per heavy atom. The molecule has 2 aromatic rings. The standard InChI is InChI=1S/C32H30N4O5/c37-22-28-26(16-10-20-36(28)30(23-11-4-1-5-12-23)24-13-6-2-7-14-24)31(39)35-27(32(40)41)17-19-34-29(38)21-25-15-8-3-9-18-33-25/h1-16,18,20,27,30,33H,17,19,21H2,(H,34,38)(H,35,39)(H,40,41). The minimum Gasteiger partial charge on any atom is -0.480 e. The lowest BCUT2D eigenvalue weighted by Gasteiger charge is -2.34. The monoisotopic (exact) mass is 550 g/mol. The molecule has 0 fully saturated rings. The van der Waals surface area contributed by atoms with Crippen LogP contribution in [0, 0.1) is 0 Å². The molecule has 9 heteroatoms. The quantitative estimate of drug-likeness (QED) is 0.316. The number of amides is 2. The van der Waals surface area contributed by atoms with Gasteiger partial charge in [0.05, 0.1) is 18.0 Å². The third kappa shape index (κ3) is 7.59. The summed E-state index contributed by atoms with van der Waals surface area (Å²) in [5.41, 5.74) is 2.43. The number of aliphatic carboxylic acids is 1. The first kappa shape index (κ1) is 28.6. The molecule has 0 saturated heterocycles. The number of carbonyl (C=O) groups excluding carboxylic acids is 3. The van der Waals surface area contributed by atoms with E-state index in [1.165, 1.54) is 6.08 Å². The van der Waals surface area contributed by atoms with E-state index in [1.807, 2.05) is 72.7 Å². The number of nitrogens with one attached hydrogen (secondary N) is 3. The molecular formula is C32H30N4O5. The Bertz CT molecular complexity index is 1430. The van der Waals surface area contributed by atoms with Crippen LogP contribution in [-0.2, 0) is 19.2 Å². The Balaban J connectivity index is 1.44. The fourth-order valence-electron chi connectivity index (χ4n) is 4.50. The molecule has 9 nitrogen and oxygen atoms in total. The van der Waals surface area contributed by atoms with Crippen LogP contribution in [0.3, 0.4) is 0 Å². The van der Waals surface area contributed by atoms with Crippen molar-refractivity contribution in [1.82, 2.24) is 20.9 Å². The summed E-state index contributed by atoms with van der Waals surface area (Å²) < 4.78 is 0. The highest BCUT2D eigenvalue weighted by atomic mass is 16.4. The van der Waals surface area contributed by atoms with Gasteiger partial charge in [-0.25, -0.2) is 9.59 Å². The summed E-state index contributed by atoms with van der Waals surface area (Å²) in [6.07, 6.45) is 13.7. The van der Waals surface area contributed by atoms with E-state index in [0.717, 1.165) is 11.1 Å². The number of hydrogen-bond acceptors (Lipinski definition) is 6. The number of hydrogen-bond donors (Lipinski definition) is 4. The number of carboxylic acid groups (broad SMARTS) is 1. The molecule has 2 aromatic carbocycles. The van der Waals surface area contributed by atoms with Crippen molar-refractivity contribution in [3.63, 3.8) is 0 Å². The molecule has 2 amide bonds. The van der Waals surface area contributed by atoms with Gasteiger partial charge in [0.1, 0.15) is 11.7 Å². The average Bonchev–Trinajstić information content (AvgIpc) is 3.26. The molecular weight excluding hydrogens is 520 g/mol. The zero-order valence-corrected chi connectivity index (χ0v) is 22.2. The van der Waals surface area contributed by atoms with Gasteiger partial charge in [-0.15, -0.1) is 0 Å². The third-order valence-electron chi connectivity index (χ3n) is 6.47. The topological polar surface area (TPSA) is 128 Å². The highest BCUT2D eigenvalue weighted by molar-refractivity contribution is 6.02. The maximum Gasteiger partial charge on any atom is 0.326 e. The second-order valence-corrected chi connectivity index (χ2v) is 9.26. The number of allylic oxidation sites excluding steroid dienone is 6. The summed E-state index contributed by atoms with van der Waals surface area (Å²) in [6.45, 7) is 0.0284. The predicted octanol–water partition coefficient (Wildman–Crippen LogP) is 3.27. The lowest BCUT2D eigenvalue weighted by Crippen LogP contribution is -2.44. The van der Waals surface area contributed by atoms with Crippen LogP contribution in [0.15, 0.2) is 126 Å². The number of carboxylic acids is 1. The van der Waals surface area contributed by atoms with E-state index >= 15 is 0 Å². The minimum absolute atomic E-state index is 0.0119. The SMILES string of the molecule is O=C=C1C(C(=O)NC(CCNC(=O)CC2=CC=CC=CN2)C(=O)O)=CC=CN1C(c1ccccc1)c1ccccc1. The van der Waals surface area contributed by atoms with Crippen molar-refractivity contribution >= 4 is 23.7 Å². The highest BCUT2D eigenvalue weighted by Crippen LogP contribution is 2.35. The molecule has 2 aliphatic heterocycles. The molecule has 208 valence electrons. The van der Waals surface area contributed by atoms with Crippen LogP contribution >= 0.6 is 0 Å². The van der Waals surface area contributed by atoms with Gasteiger partial charge in [0, 0.05) is 24.6 Å². The summed E-state index contributed by atoms with van der Waals surface area (Å²) in [6, 6.07) is 17.3. The third-order valence-corrected chi connectivity index (χ3v) is 6.47. The van der Waals surface area contributed by atoms with Crippen LogP contribution in [0.25, 0.3) is 0 Å². The summed E-state index contributed by atoms with van der Waals surface area (Å²) in [5, 5.41) is 17.9. The van der Waals surface area contributed by atoms with E-state index in [4.69, 9.17) is 0 Å². The normalized spacial score (nSPS) is 14.8.